The Bertz CT molecular complexity index is 257. The normalized spacial score (nSPS) is 38.1. The second-order valence-electron chi connectivity index (χ2n) is 4.08. The Morgan fingerprint density at radius 3 is 2.33 bits per heavy atom. The third kappa shape index (κ3) is 1.94. The van der Waals surface area contributed by atoms with Crippen molar-refractivity contribution in [1.29, 1.82) is 0 Å². The third-order valence-electron chi connectivity index (χ3n) is 3.43. The zero-order chi connectivity index (χ0) is 10.3. The summed E-state index contributed by atoms with van der Waals surface area (Å²) in [6.45, 7) is 0.644. The second-order valence-corrected chi connectivity index (χ2v) is 4.08. The lowest BCUT2D eigenvalue weighted by Gasteiger charge is -2.18. The molecular weight excluding hydrogens is 222 g/mol. The molecule has 2 fully saturated rings. The molecule has 3 N–H and O–H groups in total. The molecule has 1 aliphatic carbocycles. The fraction of sp³-hybridized carbons (Fsp3) is 0.778. The first-order valence-electron chi connectivity index (χ1n) is 4.80. The van der Waals surface area contributed by atoms with Gasteiger partial charge in [0.2, 0.25) is 0 Å². The molecule has 1 heterocycles. The first-order valence-corrected chi connectivity index (χ1v) is 4.80. The molecule has 2 rings (SSSR count). The van der Waals surface area contributed by atoms with Gasteiger partial charge in [0.15, 0.2) is 0 Å². The van der Waals surface area contributed by atoms with Gasteiger partial charge < -0.3 is 15.5 Å². The van der Waals surface area contributed by atoms with E-state index in [0.717, 1.165) is 6.42 Å². The summed E-state index contributed by atoms with van der Waals surface area (Å²) in [6.07, 6.45) is 1.45. The van der Waals surface area contributed by atoms with Crippen LogP contribution >= 0.6 is 12.4 Å². The molecule has 2 aliphatic rings. The van der Waals surface area contributed by atoms with E-state index in [-0.39, 0.29) is 24.2 Å². The molecule has 0 unspecified atom stereocenters. The molecule has 0 aromatic heterocycles. The molecular formula is C9H14ClNO4. The van der Waals surface area contributed by atoms with Gasteiger partial charge in [0, 0.05) is 5.92 Å². The highest BCUT2D eigenvalue weighted by atomic mass is 35.5. The number of aliphatic carboxylic acids is 2. The van der Waals surface area contributed by atoms with Crippen LogP contribution in [0.2, 0.25) is 0 Å². The van der Waals surface area contributed by atoms with Gasteiger partial charge in [0.05, 0.1) is 5.92 Å². The minimum absolute atomic E-state index is 0. The van der Waals surface area contributed by atoms with E-state index in [9.17, 15) is 9.59 Å². The van der Waals surface area contributed by atoms with Crippen molar-refractivity contribution in [3.8, 4) is 0 Å². The first kappa shape index (κ1) is 12.3. The molecule has 0 amide bonds. The summed E-state index contributed by atoms with van der Waals surface area (Å²) >= 11 is 0. The average molecular weight is 236 g/mol. The molecule has 86 valence electrons. The van der Waals surface area contributed by atoms with Gasteiger partial charge in [-0.1, -0.05) is 0 Å². The number of carboxylic acid groups (broad SMARTS) is 2. The van der Waals surface area contributed by atoms with Gasteiger partial charge in [0.25, 0.3) is 0 Å². The van der Waals surface area contributed by atoms with Crippen molar-refractivity contribution in [3.05, 3.63) is 0 Å². The number of carboxylic acids is 2. The Kier molecular flexibility index (Phi) is 3.57. The topological polar surface area (TPSA) is 86.6 Å². The fourth-order valence-corrected chi connectivity index (χ4v) is 2.80. The van der Waals surface area contributed by atoms with Crippen LogP contribution in [0.4, 0.5) is 0 Å². The smallest absolute Gasteiger partial charge is 0.321 e. The van der Waals surface area contributed by atoms with Crippen LogP contribution in [0.5, 0.6) is 0 Å². The van der Waals surface area contributed by atoms with Crippen molar-refractivity contribution >= 4 is 24.3 Å². The molecule has 0 aromatic rings. The van der Waals surface area contributed by atoms with Crippen molar-refractivity contribution in [2.45, 2.75) is 18.9 Å². The lowest BCUT2D eigenvalue weighted by atomic mass is 9.87. The summed E-state index contributed by atoms with van der Waals surface area (Å²) in [6, 6.07) is -0.663. The molecule has 1 aliphatic heterocycles. The molecule has 6 heteroatoms. The Hall–Kier alpha value is -0.810. The van der Waals surface area contributed by atoms with Gasteiger partial charge in [-0.2, -0.15) is 0 Å². The van der Waals surface area contributed by atoms with Crippen LogP contribution in [-0.4, -0.2) is 34.7 Å². The summed E-state index contributed by atoms with van der Waals surface area (Å²) in [5, 5.41) is 20.7. The largest absolute Gasteiger partial charge is 0.481 e. The van der Waals surface area contributed by atoms with E-state index in [0.29, 0.717) is 13.0 Å². The third-order valence-corrected chi connectivity index (χ3v) is 3.43. The monoisotopic (exact) mass is 235 g/mol. The molecule has 5 nitrogen and oxygen atoms in total. The molecule has 4 atom stereocenters. The van der Waals surface area contributed by atoms with Gasteiger partial charge in [-0.3, -0.25) is 9.59 Å². The van der Waals surface area contributed by atoms with E-state index < -0.39 is 23.9 Å². The van der Waals surface area contributed by atoms with E-state index in [1.807, 2.05) is 0 Å². The minimum atomic E-state index is -0.925. The number of fused-ring (bicyclic) bond motifs is 1. The molecule has 0 bridgehead atoms. The van der Waals surface area contributed by atoms with Crippen LogP contribution in [0.3, 0.4) is 0 Å². The predicted octanol–water partition coefficient (Wildman–Crippen LogP) is 0.192. The highest BCUT2D eigenvalue weighted by molar-refractivity contribution is 5.85. The maximum atomic E-state index is 10.9. The van der Waals surface area contributed by atoms with Gasteiger partial charge in [0.1, 0.15) is 6.04 Å². The Labute approximate surface area is 93.3 Å². The minimum Gasteiger partial charge on any atom is -0.481 e. The zero-order valence-electron chi connectivity index (χ0n) is 8.05. The maximum absolute atomic E-state index is 10.9. The number of halogens is 1. The molecule has 0 aromatic carbocycles. The zero-order valence-corrected chi connectivity index (χ0v) is 8.87. The SMILES string of the molecule is Cl.O=C(O)[C@H]1CC[C@H]2CN[C@H](C(=O)O)[C@H]21. The fourth-order valence-electron chi connectivity index (χ4n) is 2.80. The standard InChI is InChI=1S/C9H13NO4.ClH/c11-8(12)5-2-1-4-3-10-7(6(4)5)9(13)14;/h4-7,10H,1-3H2,(H,11,12)(H,13,14);1H/t4-,5-,6+,7-;/m0./s1. The van der Waals surface area contributed by atoms with E-state index in [1.54, 1.807) is 0 Å². The van der Waals surface area contributed by atoms with Crippen LogP contribution < -0.4 is 5.32 Å². The average Bonchev–Trinajstić information content (AvgIpc) is 2.59. The maximum Gasteiger partial charge on any atom is 0.321 e. The van der Waals surface area contributed by atoms with Crippen LogP contribution in [0, 0.1) is 17.8 Å². The molecule has 0 spiro atoms. The summed E-state index contributed by atoms with van der Waals surface area (Å²) in [4.78, 5) is 21.7. The molecule has 0 radical (unpaired) electrons. The number of hydrogen-bond acceptors (Lipinski definition) is 3. The summed E-state index contributed by atoms with van der Waals surface area (Å²) in [5.74, 6) is -2.24. The number of carbonyl (C=O) groups is 2. The Morgan fingerprint density at radius 1 is 1.13 bits per heavy atom. The molecule has 1 saturated heterocycles. The van der Waals surface area contributed by atoms with Crippen LogP contribution in [0.15, 0.2) is 0 Å². The van der Waals surface area contributed by atoms with Crippen LogP contribution in [-0.2, 0) is 9.59 Å². The molecule has 15 heavy (non-hydrogen) atoms. The summed E-state index contributed by atoms with van der Waals surface area (Å²) in [5.41, 5.74) is 0. The van der Waals surface area contributed by atoms with Gasteiger partial charge in [-0.05, 0) is 25.3 Å². The lowest BCUT2D eigenvalue weighted by Crippen LogP contribution is -2.39. The molecule has 1 saturated carbocycles. The van der Waals surface area contributed by atoms with Gasteiger partial charge in [-0.25, -0.2) is 0 Å². The quantitative estimate of drug-likeness (QED) is 0.636. The lowest BCUT2D eigenvalue weighted by molar-refractivity contribution is -0.145. The van der Waals surface area contributed by atoms with E-state index in [1.165, 1.54) is 0 Å². The predicted molar refractivity (Wildman–Crippen MR) is 54.0 cm³/mol. The Morgan fingerprint density at radius 2 is 1.80 bits per heavy atom. The summed E-state index contributed by atoms with van der Waals surface area (Å²) in [7, 11) is 0. The van der Waals surface area contributed by atoms with Crippen molar-refractivity contribution in [3.63, 3.8) is 0 Å². The van der Waals surface area contributed by atoms with Crippen molar-refractivity contribution in [1.82, 2.24) is 5.32 Å². The van der Waals surface area contributed by atoms with Crippen molar-refractivity contribution in [2.24, 2.45) is 17.8 Å². The van der Waals surface area contributed by atoms with Crippen LogP contribution in [0.25, 0.3) is 0 Å². The van der Waals surface area contributed by atoms with Gasteiger partial charge >= 0.3 is 11.9 Å². The summed E-state index contributed by atoms with van der Waals surface area (Å²) < 4.78 is 0. The highest BCUT2D eigenvalue weighted by Crippen LogP contribution is 2.42. The second kappa shape index (κ2) is 4.37. The van der Waals surface area contributed by atoms with E-state index in [2.05, 4.69) is 5.32 Å². The highest BCUT2D eigenvalue weighted by Gasteiger charge is 2.50. The van der Waals surface area contributed by atoms with E-state index >= 15 is 0 Å². The first-order chi connectivity index (χ1) is 6.61. The van der Waals surface area contributed by atoms with E-state index in [4.69, 9.17) is 10.2 Å². The Balaban J connectivity index is 0.00000112. The number of nitrogens with one attached hydrogen (secondary N) is 1. The van der Waals surface area contributed by atoms with Crippen molar-refractivity contribution < 1.29 is 19.8 Å². The number of rotatable bonds is 2. The number of hydrogen-bond donors (Lipinski definition) is 3. The van der Waals surface area contributed by atoms with Crippen LogP contribution in [0.1, 0.15) is 12.8 Å². The van der Waals surface area contributed by atoms with Crippen molar-refractivity contribution in [2.75, 3.05) is 6.54 Å². The van der Waals surface area contributed by atoms with Gasteiger partial charge in [-0.15, -0.1) is 12.4 Å².